The van der Waals surface area contributed by atoms with E-state index < -0.39 is 0 Å². The molecule has 1 aliphatic heterocycles. The molecule has 2 rings (SSSR count). The van der Waals surface area contributed by atoms with Crippen molar-refractivity contribution in [2.75, 3.05) is 20.1 Å². The maximum Gasteiger partial charge on any atom is 0.222 e. The zero-order valence-electron chi connectivity index (χ0n) is 11.1. The molecule has 1 saturated heterocycles. The number of nitrogens with one attached hydrogen (secondary N) is 1. The van der Waals surface area contributed by atoms with Gasteiger partial charge in [0, 0.05) is 31.3 Å². The predicted molar refractivity (Wildman–Crippen MR) is 71.0 cm³/mol. The van der Waals surface area contributed by atoms with E-state index in [1.165, 1.54) is 0 Å². The molecule has 19 heavy (non-hydrogen) atoms. The van der Waals surface area contributed by atoms with Crippen molar-refractivity contribution in [1.82, 2.24) is 15.2 Å². The van der Waals surface area contributed by atoms with Gasteiger partial charge in [0.1, 0.15) is 11.8 Å². The van der Waals surface area contributed by atoms with Gasteiger partial charge in [0.05, 0.1) is 0 Å². The first kappa shape index (κ1) is 13.5. The predicted octanol–water partition coefficient (Wildman–Crippen LogP) is 0.911. The summed E-state index contributed by atoms with van der Waals surface area (Å²) >= 11 is 0. The van der Waals surface area contributed by atoms with Crippen LogP contribution in [0.5, 0.6) is 0 Å². The van der Waals surface area contributed by atoms with Crippen molar-refractivity contribution in [2.24, 2.45) is 5.92 Å². The maximum absolute atomic E-state index is 11.5. The van der Waals surface area contributed by atoms with Gasteiger partial charge < -0.3 is 5.32 Å². The topological polar surface area (TPSA) is 69.0 Å². The van der Waals surface area contributed by atoms with Crippen LogP contribution in [-0.4, -0.2) is 35.9 Å². The normalized spacial score (nSPS) is 16.8. The molecule has 0 aromatic carbocycles. The van der Waals surface area contributed by atoms with E-state index in [0.29, 0.717) is 5.69 Å². The van der Waals surface area contributed by atoms with E-state index in [4.69, 9.17) is 5.26 Å². The molecule has 1 N–H and O–H groups in total. The van der Waals surface area contributed by atoms with Gasteiger partial charge in [-0.25, -0.2) is 4.98 Å². The second kappa shape index (κ2) is 6.30. The van der Waals surface area contributed by atoms with E-state index in [1.807, 2.05) is 12.1 Å². The summed E-state index contributed by atoms with van der Waals surface area (Å²) in [4.78, 5) is 17.9. The van der Waals surface area contributed by atoms with E-state index in [9.17, 15) is 4.79 Å². The van der Waals surface area contributed by atoms with Crippen LogP contribution in [0.2, 0.25) is 0 Å². The Balaban J connectivity index is 1.93. The van der Waals surface area contributed by atoms with E-state index in [-0.39, 0.29) is 11.8 Å². The Morgan fingerprint density at radius 2 is 2.32 bits per heavy atom. The molecule has 0 spiro atoms. The van der Waals surface area contributed by atoms with Crippen molar-refractivity contribution in [3.05, 3.63) is 29.6 Å². The molecule has 100 valence electrons. The largest absolute Gasteiger partial charge is 0.359 e. The Labute approximate surface area is 113 Å². The van der Waals surface area contributed by atoms with Crippen LogP contribution in [0.3, 0.4) is 0 Å². The third-order valence-electron chi connectivity index (χ3n) is 3.60. The highest BCUT2D eigenvalue weighted by molar-refractivity contribution is 5.78. The number of nitrogens with zero attached hydrogens (tertiary/aromatic N) is 3. The number of amides is 1. The Morgan fingerprint density at radius 3 is 2.95 bits per heavy atom. The fourth-order valence-corrected chi connectivity index (χ4v) is 2.47. The van der Waals surface area contributed by atoms with Gasteiger partial charge in [0.2, 0.25) is 5.91 Å². The summed E-state index contributed by atoms with van der Waals surface area (Å²) in [5.74, 6) is 0.268. The fraction of sp³-hybridized carbons (Fsp3) is 0.500. The lowest BCUT2D eigenvalue weighted by Gasteiger charge is -2.31. The molecular formula is C14H18N4O. The number of nitriles is 1. The van der Waals surface area contributed by atoms with Crippen molar-refractivity contribution >= 4 is 5.91 Å². The second-order valence-electron chi connectivity index (χ2n) is 4.79. The van der Waals surface area contributed by atoms with Gasteiger partial charge in [-0.2, -0.15) is 5.26 Å². The van der Waals surface area contributed by atoms with Crippen molar-refractivity contribution in [3.8, 4) is 6.07 Å². The third kappa shape index (κ3) is 3.30. The minimum absolute atomic E-state index is 0.130. The highest BCUT2D eigenvalue weighted by atomic mass is 16.1. The van der Waals surface area contributed by atoms with Crippen LogP contribution in [0.4, 0.5) is 0 Å². The van der Waals surface area contributed by atoms with Crippen molar-refractivity contribution in [1.29, 1.82) is 5.26 Å². The molecule has 1 aliphatic rings. The van der Waals surface area contributed by atoms with Crippen LogP contribution in [0.25, 0.3) is 0 Å². The van der Waals surface area contributed by atoms with Gasteiger partial charge in [-0.1, -0.05) is 6.07 Å². The number of carbonyl (C=O) groups is 1. The number of piperidine rings is 1. The second-order valence-corrected chi connectivity index (χ2v) is 4.79. The van der Waals surface area contributed by atoms with E-state index in [1.54, 1.807) is 13.2 Å². The van der Waals surface area contributed by atoms with Gasteiger partial charge in [-0.3, -0.25) is 9.69 Å². The van der Waals surface area contributed by atoms with E-state index >= 15 is 0 Å². The Hall–Kier alpha value is -1.93. The van der Waals surface area contributed by atoms with Crippen LogP contribution < -0.4 is 5.32 Å². The molecule has 1 fully saturated rings. The summed E-state index contributed by atoms with van der Waals surface area (Å²) in [5, 5.41) is 11.7. The molecule has 2 heterocycles. The monoisotopic (exact) mass is 258 g/mol. The van der Waals surface area contributed by atoms with Crippen LogP contribution in [-0.2, 0) is 11.3 Å². The summed E-state index contributed by atoms with van der Waals surface area (Å²) in [6.45, 7) is 2.51. The number of hydrogen-bond donors (Lipinski definition) is 1. The molecule has 0 saturated carbocycles. The molecule has 0 atom stereocenters. The number of aromatic nitrogens is 1. The quantitative estimate of drug-likeness (QED) is 0.875. The SMILES string of the molecule is CNC(=O)C1CCN(Cc2cccnc2C#N)CC1. The van der Waals surface area contributed by atoms with Crippen LogP contribution in [0, 0.1) is 17.2 Å². The third-order valence-corrected chi connectivity index (χ3v) is 3.60. The molecule has 1 aromatic heterocycles. The zero-order chi connectivity index (χ0) is 13.7. The number of likely N-dealkylation sites (tertiary alicyclic amines) is 1. The van der Waals surface area contributed by atoms with Gasteiger partial charge in [-0.15, -0.1) is 0 Å². The lowest BCUT2D eigenvalue weighted by molar-refractivity contribution is -0.125. The summed E-state index contributed by atoms with van der Waals surface area (Å²) in [6.07, 6.45) is 3.39. The van der Waals surface area contributed by atoms with Gasteiger partial charge >= 0.3 is 0 Å². The van der Waals surface area contributed by atoms with Crippen LogP contribution in [0.15, 0.2) is 18.3 Å². The standard InChI is InChI=1S/C14H18N4O/c1-16-14(19)11-4-7-18(8-5-11)10-12-3-2-6-17-13(12)9-15/h2-3,6,11H,4-5,7-8,10H2,1H3,(H,16,19). The van der Waals surface area contributed by atoms with Crippen molar-refractivity contribution in [2.45, 2.75) is 19.4 Å². The average molecular weight is 258 g/mol. The average Bonchev–Trinajstić information content (AvgIpc) is 2.48. The molecular weight excluding hydrogens is 240 g/mol. The summed E-state index contributed by atoms with van der Waals surface area (Å²) < 4.78 is 0. The molecule has 5 heteroatoms. The highest BCUT2D eigenvalue weighted by Gasteiger charge is 2.24. The summed E-state index contributed by atoms with van der Waals surface area (Å²) in [7, 11) is 1.68. The molecule has 1 amide bonds. The van der Waals surface area contributed by atoms with Crippen molar-refractivity contribution in [3.63, 3.8) is 0 Å². The molecule has 0 bridgehead atoms. The lowest BCUT2D eigenvalue weighted by atomic mass is 9.95. The zero-order valence-corrected chi connectivity index (χ0v) is 11.1. The first-order valence-electron chi connectivity index (χ1n) is 6.52. The molecule has 1 aromatic rings. The van der Waals surface area contributed by atoms with Gasteiger partial charge in [0.25, 0.3) is 0 Å². The summed E-state index contributed by atoms with van der Waals surface area (Å²) in [6, 6.07) is 5.91. The number of pyridine rings is 1. The molecule has 5 nitrogen and oxygen atoms in total. The maximum atomic E-state index is 11.5. The molecule has 0 unspecified atom stereocenters. The Bertz CT molecular complexity index is 486. The van der Waals surface area contributed by atoms with Gasteiger partial charge in [-0.05, 0) is 32.0 Å². The Kier molecular flexibility index (Phi) is 4.48. The highest BCUT2D eigenvalue weighted by Crippen LogP contribution is 2.19. The first-order valence-corrected chi connectivity index (χ1v) is 6.52. The molecule has 0 radical (unpaired) electrons. The smallest absolute Gasteiger partial charge is 0.222 e. The van der Waals surface area contributed by atoms with E-state index in [0.717, 1.165) is 38.0 Å². The summed E-state index contributed by atoms with van der Waals surface area (Å²) in [5.41, 5.74) is 1.46. The Morgan fingerprint density at radius 1 is 1.58 bits per heavy atom. The number of rotatable bonds is 3. The van der Waals surface area contributed by atoms with Crippen molar-refractivity contribution < 1.29 is 4.79 Å². The number of carbonyl (C=O) groups excluding carboxylic acids is 1. The van der Waals surface area contributed by atoms with E-state index in [2.05, 4.69) is 21.3 Å². The fourth-order valence-electron chi connectivity index (χ4n) is 2.47. The lowest BCUT2D eigenvalue weighted by Crippen LogP contribution is -2.39. The van der Waals surface area contributed by atoms with Crippen LogP contribution >= 0.6 is 0 Å². The van der Waals surface area contributed by atoms with Crippen LogP contribution in [0.1, 0.15) is 24.1 Å². The number of hydrogen-bond acceptors (Lipinski definition) is 4. The minimum atomic E-state index is 0.130. The molecule has 0 aliphatic carbocycles. The minimum Gasteiger partial charge on any atom is -0.359 e. The first-order chi connectivity index (χ1) is 9.24. The van der Waals surface area contributed by atoms with Gasteiger partial charge in [0.15, 0.2) is 0 Å².